The first-order chi connectivity index (χ1) is 11.5. The van der Waals surface area contributed by atoms with Crippen LogP contribution >= 0.6 is 15.9 Å². The van der Waals surface area contributed by atoms with Crippen molar-refractivity contribution in [3.8, 4) is 5.75 Å². The molecule has 0 aromatic heterocycles. The minimum atomic E-state index is -0.518. The van der Waals surface area contributed by atoms with E-state index in [1.807, 2.05) is 25.1 Å². The zero-order chi connectivity index (χ0) is 17.5. The van der Waals surface area contributed by atoms with Gasteiger partial charge in [0.1, 0.15) is 12.2 Å². The zero-order valence-electron chi connectivity index (χ0n) is 12.9. The number of benzene rings is 2. The molecule has 0 radical (unpaired) electrons. The smallest absolute Gasteiger partial charge is 0.249 e. The van der Waals surface area contributed by atoms with Gasteiger partial charge in [0.25, 0.3) is 0 Å². The second-order valence-corrected chi connectivity index (χ2v) is 5.90. The zero-order valence-corrected chi connectivity index (χ0v) is 14.5. The maximum absolute atomic E-state index is 11.8. The summed E-state index contributed by atoms with van der Waals surface area (Å²) in [6.07, 6.45) is 1.09. The second kappa shape index (κ2) is 8.26. The maximum Gasteiger partial charge on any atom is 0.249 e. The van der Waals surface area contributed by atoms with Gasteiger partial charge in [-0.05, 0) is 58.2 Å². The molecule has 124 valence electrons. The van der Waals surface area contributed by atoms with Crippen LogP contribution in [0.25, 0.3) is 0 Å². The van der Waals surface area contributed by atoms with Gasteiger partial charge >= 0.3 is 0 Å². The van der Waals surface area contributed by atoms with Gasteiger partial charge in [-0.15, -0.1) is 0 Å². The summed E-state index contributed by atoms with van der Waals surface area (Å²) < 4.78 is 0.524. The molecular formula is C17H16BrN3O3. The Kier molecular flexibility index (Phi) is 6.08. The van der Waals surface area contributed by atoms with Crippen molar-refractivity contribution < 1.29 is 14.7 Å². The number of halogens is 1. The van der Waals surface area contributed by atoms with Crippen LogP contribution in [0, 0.1) is 6.92 Å². The highest BCUT2D eigenvalue weighted by atomic mass is 79.9. The SMILES string of the molecule is Cc1ccccc1NC(=O)CC(=O)N/N=C/c1ccc(O)c(Br)c1. The van der Waals surface area contributed by atoms with E-state index in [1.54, 1.807) is 18.2 Å². The molecular weight excluding hydrogens is 374 g/mol. The maximum atomic E-state index is 11.8. The highest BCUT2D eigenvalue weighted by Crippen LogP contribution is 2.23. The van der Waals surface area contributed by atoms with Gasteiger partial charge in [0.05, 0.1) is 10.7 Å². The Balaban J connectivity index is 1.84. The van der Waals surface area contributed by atoms with Gasteiger partial charge in [0.15, 0.2) is 0 Å². The summed E-state index contributed by atoms with van der Waals surface area (Å²) in [7, 11) is 0. The molecule has 6 nitrogen and oxygen atoms in total. The average Bonchev–Trinajstić information content (AvgIpc) is 2.53. The van der Waals surface area contributed by atoms with Crippen molar-refractivity contribution >= 4 is 39.6 Å². The Morgan fingerprint density at radius 3 is 2.67 bits per heavy atom. The summed E-state index contributed by atoms with van der Waals surface area (Å²) in [5.41, 5.74) is 4.57. The van der Waals surface area contributed by atoms with Crippen LogP contribution in [-0.2, 0) is 9.59 Å². The molecule has 0 spiro atoms. The predicted octanol–water partition coefficient (Wildman–Crippen LogP) is 2.94. The van der Waals surface area contributed by atoms with Crippen LogP contribution in [0.2, 0.25) is 0 Å². The fraction of sp³-hybridized carbons (Fsp3) is 0.118. The van der Waals surface area contributed by atoms with Gasteiger partial charge < -0.3 is 10.4 Å². The highest BCUT2D eigenvalue weighted by molar-refractivity contribution is 9.10. The van der Waals surface area contributed by atoms with Crippen molar-refractivity contribution in [2.24, 2.45) is 5.10 Å². The highest BCUT2D eigenvalue weighted by Gasteiger charge is 2.09. The molecule has 0 aliphatic carbocycles. The molecule has 0 saturated heterocycles. The largest absolute Gasteiger partial charge is 0.507 e. The van der Waals surface area contributed by atoms with E-state index in [0.717, 1.165) is 5.56 Å². The van der Waals surface area contributed by atoms with Crippen LogP contribution in [0.1, 0.15) is 17.5 Å². The number of rotatable bonds is 5. The minimum absolute atomic E-state index is 0.115. The summed E-state index contributed by atoms with van der Waals surface area (Å²) in [6, 6.07) is 12.1. The number of anilines is 1. The lowest BCUT2D eigenvalue weighted by atomic mass is 10.2. The van der Waals surface area contributed by atoms with E-state index >= 15 is 0 Å². The molecule has 0 atom stereocenters. The Morgan fingerprint density at radius 1 is 1.21 bits per heavy atom. The van der Waals surface area contributed by atoms with E-state index in [2.05, 4.69) is 31.8 Å². The third-order valence-electron chi connectivity index (χ3n) is 3.11. The molecule has 3 N–H and O–H groups in total. The molecule has 0 bridgehead atoms. The summed E-state index contributed by atoms with van der Waals surface area (Å²) in [5.74, 6) is -0.816. The molecule has 0 fully saturated rings. The average molecular weight is 390 g/mol. The molecule has 7 heteroatoms. The molecule has 0 heterocycles. The molecule has 0 aliphatic heterocycles. The molecule has 0 saturated carbocycles. The second-order valence-electron chi connectivity index (χ2n) is 5.04. The van der Waals surface area contributed by atoms with Crippen molar-refractivity contribution in [2.75, 3.05) is 5.32 Å². The topological polar surface area (TPSA) is 90.8 Å². The first-order valence-corrected chi connectivity index (χ1v) is 7.91. The number of carbonyl (C=O) groups is 2. The van der Waals surface area contributed by atoms with E-state index in [9.17, 15) is 14.7 Å². The quantitative estimate of drug-likeness (QED) is 0.417. The molecule has 2 rings (SSSR count). The normalized spacial score (nSPS) is 10.6. The van der Waals surface area contributed by atoms with E-state index in [0.29, 0.717) is 15.7 Å². The number of amides is 2. The molecule has 2 aromatic rings. The number of aryl methyl sites for hydroxylation is 1. The number of hydrazone groups is 1. The molecule has 2 aromatic carbocycles. The standard InChI is InChI=1S/C17H16BrN3O3/c1-11-4-2-3-5-14(11)20-16(23)9-17(24)21-19-10-12-6-7-15(22)13(18)8-12/h2-8,10,22H,9H2,1H3,(H,20,23)(H,21,24)/b19-10+. The first kappa shape index (κ1) is 17.7. The number of nitrogens with zero attached hydrogens (tertiary/aromatic N) is 1. The van der Waals surface area contributed by atoms with E-state index in [1.165, 1.54) is 12.3 Å². The molecule has 24 heavy (non-hydrogen) atoms. The third-order valence-corrected chi connectivity index (χ3v) is 3.75. The number of nitrogens with one attached hydrogen (secondary N) is 2. The monoisotopic (exact) mass is 389 g/mol. The summed E-state index contributed by atoms with van der Waals surface area (Å²) >= 11 is 3.19. The van der Waals surface area contributed by atoms with Crippen LogP contribution in [0.15, 0.2) is 52.0 Å². The van der Waals surface area contributed by atoms with E-state index in [-0.39, 0.29) is 12.2 Å². The molecule has 0 unspecified atom stereocenters. The van der Waals surface area contributed by atoms with Crippen molar-refractivity contribution in [2.45, 2.75) is 13.3 Å². The summed E-state index contributed by atoms with van der Waals surface area (Å²) in [5, 5.41) is 15.9. The van der Waals surface area contributed by atoms with Crippen molar-refractivity contribution in [1.29, 1.82) is 0 Å². The lowest BCUT2D eigenvalue weighted by Gasteiger charge is -2.07. The number of phenols is 1. The fourth-order valence-electron chi connectivity index (χ4n) is 1.88. The van der Waals surface area contributed by atoms with Crippen LogP contribution in [0.5, 0.6) is 5.75 Å². The predicted molar refractivity (Wildman–Crippen MR) is 96.0 cm³/mol. The van der Waals surface area contributed by atoms with E-state index < -0.39 is 11.8 Å². The number of carbonyl (C=O) groups excluding carboxylic acids is 2. The first-order valence-electron chi connectivity index (χ1n) is 7.11. The van der Waals surface area contributed by atoms with Crippen LogP contribution in [0.4, 0.5) is 5.69 Å². The lowest BCUT2D eigenvalue weighted by Crippen LogP contribution is -2.24. The third kappa shape index (κ3) is 5.20. The molecule has 0 aliphatic rings. The van der Waals surface area contributed by atoms with Gasteiger partial charge in [-0.2, -0.15) is 5.10 Å². The van der Waals surface area contributed by atoms with Crippen LogP contribution < -0.4 is 10.7 Å². The van der Waals surface area contributed by atoms with Gasteiger partial charge in [0, 0.05) is 5.69 Å². The van der Waals surface area contributed by atoms with Crippen molar-refractivity contribution in [3.63, 3.8) is 0 Å². The van der Waals surface area contributed by atoms with Crippen molar-refractivity contribution in [3.05, 3.63) is 58.1 Å². The Hall–Kier alpha value is -2.67. The van der Waals surface area contributed by atoms with Crippen molar-refractivity contribution in [1.82, 2.24) is 5.43 Å². The van der Waals surface area contributed by atoms with E-state index in [4.69, 9.17) is 0 Å². The van der Waals surface area contributed by atoms with Gasteiger partial charge in [-0.1, -0.05) is 18.2 Å². The number of para-hydroxylation sites is 1. The van der Waals surface area contributed by atoms with Crippen LogP contribution in [0.3, 0.4) is 0 Å². The van der Waals surface area contributed by atoms with Gasteiger partial charge in [0.2, 0.25) is 11.8 Å². The number of hydrogen-bond donors (Lipinski definition) is 3. The number of phenolic OH excluding ortho intramolecular Hbond substituents is 1. The lowest BCUT2D eigenvalue weighted by molar-refractivity contribution is -0.126. The summed E-state index contributed by atoms with van der Waals surface area (Å²) in [6.45, 7) is 1.87. The minimum Gasteiger partial charge on any atom is -0.507 e. The Labute approximate surface area is 147 Å². The molecule has 2 amide bonds. The Bertz CT molecular complexity index is 790. The summed E-state index contributed by atoms with van der Waals surface area (Å²) in [4.78, 5) is 23.5. The number of hydrogen-bond acceptors (Lipinski definition) is 4. The fourth-order valence-corrected chi connectivity index (χ4v) is 2.27. The van der Waals surface area contributed by atoms with Gasteiger partial charge in [-0.25, -0.2) is 5.43 Å². The number of aromatic hydroxyl groups is 1. The Morgan fingerprint density at radius 2 is 1.96 bits per heavy atom. The van der Waals surface area contributed by atoms with Crippen LogP contribution in [-0.4, -0.2) is 23.1 Å². The van der Waals surface area contributed by atoms with Gasteiger partial charge in [-0.3, -0.25) is 9.59 Å².